The van der Waals surface area contributed by atoms with Crippen LogP contribution in [-0.2, 0) is 16.0 Å². The second kappa shape index (κ2) is 5.93. The third-order valence-electron chi connectivity index (χ3n) is 2.05. The zero-order chi connectivity index (χ0) is 12.8. The molecular weight excluding hydrogens is 254 g/mol. The number of nitrogens with zero attached hydrogens (tertiary/aromatic N) is 3. The van der Waals surface area contributed by atoms with Crippen LogP contribution in [0.2, 0.25) is 0 Å². The van der Waals surface area contributed by atoms with Gasteiger partial charge in [0.25, 0.3) is 0 Å². The van der Waals surface area contributed by atoms with Crippen LogP contribution in [0.1, 0.15) is 12.3 Å². The summed E-state index contributed by atoms with van der Waals surface area (Å²) in [5.41, 5.74) is 0. The highest BCUT2D eigenvalue weighted by molar-refractivity contribution is 7.13. The van der Waals surface area contributed by atoms with Crippen LogP contribution < -0.4 is 0 Å². The molecular formula is C11H9N3O3S. The molecule has 2 aromatic heterocycles. The van der Waals surface area contributed by atoms with E-state index in [1.165, 1.54) is 11.3 Å². The van der Waals surface area contributed by atoms with Crippen LogP contribution in [0, 0.1) is 11.3 Å². The van der Waals surface area contributed by atoms with Gasteiger partial charge in [0, 0.05) is 6.42 Å². The van der Waals surface area contributed by atoms with Crippen LogP contribution in [-0.4, -0.2) is 22.7 Å². The number of aryl methyl sites for hydroxylation is 1. The lowest BCUT2D eigenvalue weighted by Gasteiger charge is -1.96. The van der Waals surface area contributed by atoms with Gasteiger partial charge in [-0.2, -0.15) is 10.2 Å². The number of thiophene rings is 1. The van der Waals surface area contributed by atoms with Crippen LogP contribution in [0.15, 0.2) is 22.0 Å². The maximum atomic E-state index is 11.1. The van der Waals surface area contributed by atoms with Gasteiger partial charge in [-0.05, 0) is 11.4 Å². The van der Waals surface area contributed by atoms with Crippen molar-refractivity contribution in [2.75, 3.05) is 6.61 Å². The Kier molecular flexibility index (Phi) is 4.04. The van der Waals surface area contributed by atoms with Crippen LogP contribution in [0.3, 0.4) is 0 Å². The number of rotatable bonds is 5. The highest BCUT2D eigenvalue weighted by atomic mass is 32.1. The molecule has 0 aliphatic heterocycles. The van der Waals surface area contributed by atoms with E-state index < -0.39 is 5.97 Å². The summed E-state index contributed by atoms with van der Waals surface area (Å²) in [7, 11) is 0. The number of nitriles is 1. The SMILES string of the molecule is N#CCOC(=O)CCc1nc(-c2cccs2)no1. The third kappa shape index (κ3) is 3.15. The number of aromatic nitrogens is 2. The van der Waals surface area contributed by atoms with Gasteiger partial charge in [0.1, 0.15) is 6.07 Å². The molecule has 0 saturated heterocycles. The molecule has 0 saturated carbocycles. The molecule has 0 aliphatic rings. The summed E-state index contributed by atoms with van der Waals surface area (Å²) in [5, 5.41) is 14.0. The van der Waals surface area contributed by atoms with E-state index in [0.717, 1.165) is 4.88 Å². The van der Waals surface area contributed by atoms with Gasteiger partial charge in [-0.3, -0.25) is 4.79 Å². The van der Waals surface area contributed by atoms with E-state index in [9.17, 15) is 4.79 Å². The topological polar surface area (TPSA) is 89.0 Å². The Morgan fingerprint density at radius 3 is 3.22 bits per heavy atom. The molecule has 7 heteroatoms. The zero-order valence-corrected chi connectivity index (χ0v) is 10.1. The van der Waals surface area contributed by atoms with Gasteiger partial charge >= 0.3 is 5.97 Å². The first-order valence-electron chi connectivity index (χ1n) is 5.18. The fourth-order valence-corrected chi connectivity index (χ4v) is 1.91. The smallest absolute Gasteiger partial charge is 0.307 e. The second-order valence-electron chi connectivity index (χ2n) is 3.31. The molecule has 0 bridgehead atoms. The first kappa shape index (κ1) is 12.3. The average molecular weight is 263 g/mol. The van der Waals surface area contributed by atoms with Gasteiger partial charge in [-0.25, -0.2) is 0 Å². The average Bonchev–Trinajstić information content (AvgIpc) is 3.03. The number of carbonyl (C=O) groups is 1. The van der Waals surface area contributed by atoms with Gasteiger partial charge in [0.2, 0.25) is 11.7 Å². The molecule has 0 atom stereocenters. The summed E-state index contributed by atoms with van der Waals surface area (Å²) in [5.74, 6) is 0.449. The van der Waals surface area contributed by atoms with E-state index in [4.69, 9.17) is 9.78 Å². The molecule has 92 valence electrons. The number of hydrogen-bond acceptors (Lipinski definition) is 7. The van der Waals surface area contributed by atoms with Gasteiger partial charge in [-0.1, -0.05) is 11.2 Å². The quantitative estimate of drug-likeness (QED) is 0.764. The van der Waals surface area contributed by atoms with E-state index in [-0.39, 0.29) is 13.0 Å². The normalized spacial score (nSPS) is 9.94. The van der Waals surface area contributed by atoms with Crippen molar-refractivity contribution in [2.24, 2.45) is 0 Å². The second-order valence-corrected chi connectivity index (χ2v) is 4.26. The lowest BCUT2D eigenvalue weighted by molar-refractivity contribution is -0.142. The third-order valence-corrected chi connectivity index (χ3v) is 2.92. The fourth-order valence-electron chi connectivity index (χ4n) is 1.26. The minimum atomic E-state index is -0.451. The molecule has 6 nitrogen and oxygen atoms in total. The van der Waals surface area contributed by atoms with E-state index >= 15 is 0 Å². The molecule has 0 radical (unpaired) electrons. The van der Waals surface area contributed by atoms with Crippen molar-refractivity contribution in [3.8, 4) is 16.8 Å². The first-order valence-corrected chi connectivity index (χ1v) is 6.06. The molecule has 0 aromatic carbocycles. The minimum Gasteiger partial charge on any atom is -0.450 e. The first-order chi connectivity index (χ1) is 8.79. The Morgan fingerprint density at radius 1 is 1.61 bits per heavy atom. The van der Waals surface area contributed by atoms with Crippen molar-refractivity contribution in [3.05, 3.63) is 23.4 Å². The lowest BCUT2D eigenvalue weighted by atomic mass is 10.3. The zero-order valence-electron chi connectivity index (χ0n) is 9.33. The predicted octanol–water partition coefficient (Wildman–Crippen LogP) is 1.80. The summed E-state index contributed by atoms with van der Waals surface area (Å²) in [6.07, 6.45) is 0.427. The predicted molar refractivity (Wildman–Crippen MR) is 62.5 cm³/mol. The summed E-state index contributed by atoms with van der Waals surface area (Å²) in [4.78, 5) is 16.2. The molecule has 2 rings (SSSR count). The van der Waals surface area contributed by atoms with Crippen molar-refractivity contribution in [1.29, 1.82) is 5.26 Å². The van der Waals surface area contributed by atoms with Crippen molar-refractivity contribution in [3.63, 3.8) is 0 Å². The summed E-state index contributed by atoms with van der Waals surface area (Å²) in [6.45, 7) is -0.233. The number of esters is 1. The largest absolute Gasteiger partial charge is 0.450 e. The fraction of sp³-hybridized carbons (Fsp3) is 0.273. The van der Waals surface area contributed by atoms with E-state index in [0.29, 0.717) is 18.1 Å². The Hall–Kier alpha value is -2.20. The molecule has 2 aromatic rings. The molecule has 2 heterocycles. The van der Waals surface area contributed by atoms with Crippen molar-refractivity contribution in [2.45, 2.75) is 12.8 Å². The van der Waals surface area contributed by atoms with Gasteiger partial charge in [0.05, 0.1) is 11.3 Å². The summed E-state index contributed by atoms with van der Waals surface area (Å²) in [6, 6.07) is 5.51. The monoisotopic (exact) mass is 263 g/mol. The standard InChI is InChI=1S/C11H9N3O3S/c12-5-6-16-10(15)4-3-9-13-11(14-17-9)8-2-1-7-18-8/h1-2,7H,3-4,6H2. The maximum Gasteiger partial charge on any atom is 0.307 e. The Bertz CT molecular complexity index is 556. The molecule has 0 unspecified atom stereocenters. The van der Waals surface area contributed by atoms with Crippen molar-refractivity contribution >= 4 is 17.3 Å². The van der Waals surface area contributed by atoms with Crippen LogP contribution in [0.5, 0.6) is 0 Å². The maximum absolute atomic E-state index is 11.1. The van der Waals surface area contributed by atoms with Crippen molar-refractivity contribution in [1.82, 2.24) is 10.1 Å². The Labute approximate surface area is 107 Å². The van der Waals surface area contributed by atoms with Gasteiger partial charge < -0.3 is 9.26 Å². The number of carbonyl (C=O) groups excluding carboxylic acids is 1. The number of ether oxygens (including phenoxy) is 1. The van der Waals surface area contributed by atoms with Crippen molar-refractivity contribution < 1.29 is 14.1 Å². The van der Waals surface area contributed by atoms with Gasteiger partial charge in [-0.15, -0.1) is 11.3 Å². The molecule has 0 spiro atoms. The van der Waals surface area contributed by atoms with E-state index in [2.05, 4.69) is 14.9 Å². The number of hydrogen-bond donors (Lipinski definition) is 0. The molecule has 0 fully saturated rings. The molecule has 0 aliphatic carbocycles. The lowest BCUT2D eigenvalue weighted by Crippen LogP contribution is -2.05. The van der Waals surface area contributed by atoms with E-state index in [1.807, 2.05) is 17.5 Å². The molecule has 18 heavy (non-hydrogen) atoms. The Morgan fingerprint density at radius 2 is 2.50 bits per heavy atom. The Balaban J connectivity index is 1.88. The van der Waals surface area contributed by atoms with E-state index in [1.54, 1.807) is 6.07 Å². The summed E-state index contributed by atoms with van der Waals surface area (Å²) < 4.78 is 9.62. The van der Waals surface area contributed by atoms with Crippen LogP contribution in [0.4, 0.5) is 0 Å². The summed E-state index contributed by atoms with van der Waals surface area (Å²) >= 11 is 1.51. The van der Waals surface area contributed by atoms with Crippen LogP contribution in [0.25, 0.3) is 10.7 Å². The van der Waals surface area contributed by atoms with Crippen LogP contribution >= 0.6 is 11.3 Å². The van der Waals surface area contributed by atoms with Gasteiger partial charge in [0.15, 0.2) is 6.61 Å². The highest BCUT2D eigenvalue weighted by Gasteiger charge is 2.11. The molecule has 0 N–H and O–H groups in total. The minimum absolute atomic E-state index is 0.119. The molecule has 0 amide bonds. The highest BCUT2D eigenvalue weighted by Crippen LogP contribution is 2.21.